The molecule has 1 atom stereocenters. The van der Waals surface area contributed by atoms with Gasteiger partial charge in [0, 0.05) is 5.39 Å². The molecule has 1 aliphatic carbocycles. The molecule has 1 aromatic carbocycles. The molecule has 0 saturated heterocycles. The maximum Gasteiger partial charge on any atom is 0.0709 e. The van der Waals surface area contributed by atoms with Crippen LogP contribution in [0.15, 0.2) is 103 Å². The van der Waals surface area contributed by atoms with E-state index in [2.05, 4.69) is 75.9 Å². The van der Waals surface area contributed by atoms with Gasteiger partial charge in [-0.15, -0.1) is 0 Å². The third-order valence-corrected chi connectivity index (χ3v) is 4.79. The van der Waals surface area contributed by atoms with Crippen LogP contribution in [-0.2, 0) is 0 Å². The van der Waals surface area contributed by atoms with Crippen molar-refractivity contribution in [2.45, 2.75) is 34.1 Å². The van der Waals surface area contributed by atoms with Gasteiger partial charge in [-0.2, -0.15) is 0 Å². The van der Waals surface area contributed by atoms with Crippen molar-refractivity contribution in [2.75, 3.05) is 0 Å². The Morgan fingerprint density at radius 2 is 1.89 bits per heavy atom. The SMILES string of the molecule is C=C1C=CC=CC1C.C\C=C/C=C\C(C)=C(\CC)c1ccc2ccccc2n1. The fraction of sp³-hybridized carbons (Fsp3) is 0.222. The predicted octanol–water partition coefficient (Wildman–Crippen LogP) is 7.86. The predicted molar refractivity (Wildman–Crippen MR) is 125 cm³/mol. The molecule has 144 valence electrons. The summed E-state index contributed by atoms with van der Waals surface area (Å²) in [7, 11) is 0. The minimum atomic E-state index is 0.542. The van der Waals surface area contributed by atoms with E-state index in [4.69, 9.17) is 4.98 Å². The summed E-state index contributed by atoms with van der Waals surface area (Å²) in [5.74, 6) is 0.542. The molecule has 0 bridgehead atoms. The van der Waals surface area contributed by atoms with Crippen LogP contribution < -0.4 is 0 Å². The Bertz CT molecular complexity index is 951. The van der Waals surface area contributed by atoms with Crippen molar-refractivity contribution < 1.29 is 0 Å². The van der Waals surface area contributed by atoms with Crippen molar-refractivity contribution in [2.24, 2.45) is 5.92 Å². The van der Waals surface area contributed by atoms with Gasteiger partial charge >= 0.3 is 0 Å². The lowest BCUT2D eigenvalue weighted by atomic mass is 9.99. The fourth-order valence-corrected chi connectivity index (χ4v) is 2.99. The van der Waals surface area contributed by atoms with E-state index in [-0.39, 0.29) is 0 Å². The molecule has 1 heterocycles. The summed E-state index contributed by atoms with van der Waals surface area (Å²) in [6.07, 6.45) is 17.5. The van der Waals surface area contributed by atoms with Crippen LogP contribution in [0.2, 0.25) is 0 Å². The average molecular weight is 370 g/mol. The molecule has 0 amide bonds. The van der Waals surface area contributed by atoms with Gasteiger partial charge in [-0.1, -0.05) is 93.3 Å². The minimum absolute atomic E-state index is 0.542. The van der Waals surface area contributed by atoms with Gasteiger partial charge in [-0.3, -0.25) is 0 Å². The highest BCUT2D eigenvalue weighted by molar-refractivity contribution is 5.81. The number of hydrogen-bond donors (Lipinski definition) is 0. The van der Waals surface area contributed by atoms with E-state index < -0.39 is 0 Å². The topological polar surface area (TPSA) is 12.9 Å². The number of nitrogens with zero attached hydrogens (tertiary/aromatic N) is 1. The van der Waals surface area contributed by atoms with Gasteiger partial charge in [0.1, 0.15) is 0 Å². The van der Waals surface area contributed by atoms with Gasteiger partial charge in [0.2, 0.25) is 0 Å². The van der Waals surface area contributed by atoms with Crippen molar-refractivity contribution >= 4 is 16.5 Å². The molecule has 2 aromatic rings. The number of para-hydroxylation sites is 1. The van der Waals surface area contributed by atoms with Gasteiger partial charge in [0.15, 0.2) is 0 Å². The molecule has 1 heteroatoms. The first-order chi connectivity index (χ1) is 13.6. The first-order valence-electron chi connectivity index (χ1n) is 9.95. The smallest absolute Gasteiger partial charge is 0.0709 e. The normalized spacial score (nSPS) is 17.1. The molecule has 0 N–H and O–H groups in total. The quantitative estimate of drug-likeness (QED) is 0.500. The Kier molecular flexibility index (Phi) is 8.42. The second-order valence-corrected chi connectivity index (χ2v) is 6.90. The van der Waals surface area contributed by atoms with E-state index in [1.807, 2.05) is 43.4 Å². The van der Waals surface area contributed by atoms with Crippen LogP contribution >= 0.6 is 0 Å². The number of aromatic nitrogens is 1. The van der Waals surface area contributed by atoms with Crippen LogP contribution in [-0.4, -0.2) is 4.98 Å². The number of fused-ring (bicyclic) bond motifs is 1. The van der Waals surface area contributed by atoms with Crippen LogP contribution in [0.1, 0.15) is 39.8 Å². The van der Waals surface area contributed by atoms with Gasteiger partial charge in [-0.05, 0) is 55.0 Å². The molecule has 1 nitrogen and oxygen atoms in total. The van der Waals surface area contributed by atoms with Gasteiger partial charge in [-0.25, -0.2) is 4.98 Å². The first kappa shape index (κ1) is 21.4. The highest BCUT2D eigenvalue weighted by Gasteiger charge is 2.05. The molecule has 1 aromatic heterocycles. The van der Waals surface area contributed by atoms with Crippen LogP contribution in [0.4, 0.5) is 0 Å². The number of allylic oxidation sites excluding steroid dienone is 11. The Labute approximate surface area is 170 Å². The summed E-state index contributed by atoms with van der Waals surface area (Å²) < 4.78 is 0. The molecular weight excluding hydrogens is 338 g/mol. The van der Waals surface area contributed by atoms with Crippen molar-refractivity contribution in [3.8, 4) is 0 Å². The summed E-state index contributed by atoms with van der Waals surface area (Å²) in [4.78, 5) is 4.79. The average Bonchev–Trinajstić information content (AvgIpc) is 2.71. The van der Waals surface area contributed by atoms with E-state index in [9.17, 15) is 0 Å². The molecule has 1 aliphatic rings. The summed E-state index contributed by atoms with van der Waals surface area (Å²) in [6.45, 7) is 12.3. The monoisotopic (exact) mass is 369 g/mol. The highest BCUT2D eigenvalue weighted by atomic mass is 14.7. The zero-order valence-electron chi connectivity index (χ0n) is 17.5. The number of benzene rings is 1. The molecule has 0 spiro atoms. The van der Waals surface area contributed by atoms with Crippen LogP contribution in [0.3, 0.4) is 0 Å². The van der Waals surface area contributed by atoms with E-state index >= 15 is 0 Å². The molecule has 0 aliphatic heterocycles. The van der Waals surface area contributed by atoms with E-state index in [1.165, 1.54) is 22.1 Å². The Morgan fingerprint density at radius 1 is 1.11 bits per heavy atom. The third kappa shape index (κ3) is 6.06. The first-order valence-corrected chi connectivity index (χ1v) is 9.95. The summed E-state index contributed by atoms with van der Waals surface area (Å²) in [6, 6.07) is 12.5. The summed E-state index contributed by atoms with van der Waals surface area (Å²) >= 11 is 0. The minimum Gasteiger partial charge on any atom is -0.248 e. The van der Waals surface area contributed by atoms with Crippen molar-refractivity contribution in [3.63, 3.8) is 0 Å². The van der Waals surface area contributed by atoms with Gasteiger partial charge < -0.3 is 0 Å². The van der Waals surface area contributed by atoms with Crippen molar-refractivity contribution in [1.29, 1.82) is 0 Å². The summed E-state index contributed by atoms with van der Waals surface area (Å²) in [5, 5.41) is 1.19. The molecule has 0 radical (unpaired) electrons. The molecular formula is C27H31N. The van der Waals surface area contributed by atoms with E-state index in [0.29, 0.717) is 5.92 Å². The molecule has 0 saturated carbocycles. The fourth-order valence-electron chi connectivity index (χ4n) is 2.99. The number of pyridine rings is 1. The maximum absolute atomic E-state index is 4.79. The van der Waals surface area contributed by atoms with Crippen LogP contribution in [0.5, 0.6) is 0 Å². The molecule has 3 rings (SSSR count). The van der Waals surface area contributed by atoms with Crippen molar-refractivity contribution in [1.82, 2.24) is 4.98 Å². The molecule has 0 fully saturated rings. The zero-order chi connectivity index (χ0) is 20.4. The molecule has 28 heavy (non-hydrogen) atoms. The Balaban J connectivity index is 0.000000292. The standard InChI is InChI=1S/C19H21N.C8H10/c1-4-6-7-10-15(3)17(5-2)19-14-13-16-11-8-9-12-18(16)20-19;1-7-5-3-4-6-8(7)2/h4,6-14H,5H2,1-3H3;3-6,8H,1H2,2H3/b6-4-,10-7-,17-15-;. The number of hydrogen-bond acceptors (Lipinski definition) is 1. The van der Waals surface area contributed by atoms with E-state index in [0.717, 1.165) is 17.6 Å². The van der Waals surface area contributed by atoms with Gasteiger partial charge in [0.05, 0.1) is 11.2 Å². The summed E-state index contributed by atoms with van der Waals surface area (Å²) in [5.41, 5.74) is 5.91. The van der Waals surface area contributed by atoms with E-state index in [1.54, 1.807) is 0 Å². The lowest BCUT2D eigenvalue weighted by Gasteiger charge is -2.08. The Morgan fingerprint density at radius 3 is 2.54 bits per heavy atom. The van der Waals surface area contributed by atoms with Crippen molar-refractivity contribution in [3.05, 3.63) is 108 Å². The maximum atomic E-state index is 4.79. The number of rotatable bonds is 4. The largest absolute Gasteiger partial charge is 0.248 e. The lowest BCUT2D eigenvalue weighted by Crippen LogP contribution is -1.92. The lowest BCUT2D eigenvalue weighted by molar-refractivity contribution is 0.888. The highest BCUT2D eigenvalue weighted by Crippen LogP contribution is 2.23. The second-order valence-electron chi connectivity index (χ2n) is 6.90. The second kappa shape index (κ2) is 11.0. The van der Waals surface area contributed by atoms with Crippen LogP contribution in [0, 0.1) is 5.92 Å². The Hall–Kier alpha value is -2.93. The van der Waals surface area contributed by atoms with Gasteiger partial charge in [0.25, 0.3) is 0 Å². The zero-order valence-corrected chi connectivity index (χ0v) is 17.5. The van der Waals surface area contributed by atoms with Crippen LogP contribution in [0.25, 0.3) is 16.5 Å². The molecule has 1 unspecified atom stereocenters. The third-order valence-electron chi connectivity index (χ3n) is 4.79.